The van der Waals surface area contributed by atoms with E-state index < -0.39 is 0 Å². The minimum atomic E-state index is 0.289. The van der Waals surface area contributed by atoms with Gasteiger partial charge in [-0.2, -0.15) is 0 Å². The minimum Gasteiger partial charge on any atom is -0.385 e. The number of halogens is 1. The summed E-state index contributed by atoms with van der Waals surface area (Å²) in [5.41, 5.74) is 7.09. The molecule has 0 amide bonds. The first-order valence-corrected chi connectivity index (χ1v) is 10.2. The van der Waals surface area contributed by atoms with Crippen LogP contribution in [0.15, 0.2) is 34.5 Å². The maximum Gasteiger partial charge on any atom is 0.135 e. The second-order valence-corrected chi connectivity index (χ2v) is 8.26. The number of nitrogens with zero attached hydrogens (tertiary/aromatic N) is 4. The Morgan fingerprint density at radius 1 is 1.19 bits per heavy atom. The van der Waals surface area contributed by atoms with Crippen LogP contribution >= 0.6 is 11.6 Å². The number of likely N-dealkylation sites (tertiary alicyclic amines) is 1. The lowest BCUT2D eigenvalue weighted by molar-refractivity contribution is -0.0777. The maximum absolute atomic E-state index is 6.04. The molecule has 7 heteroatoms. The smallest absolute Gasteiger partial charge is 0.135 e. The highest BCUT2D eigenvalue weighted by atomic mass is 35.5. The number of benzene rings is 1. The van der Waals surface area contributed by atoms with E-state index in [1.54, 1.807) is 0 Å². The molecular formula is C20H28ClN5O. The maximum atomic E-state index is 6.04. The van der Waals surface area contributed by atoms with Crippen LogP contribution in [-0.4, -0.2) is 65.9 Å². The van der Waals surface area contributed by atoms with Gasteiger partial charge >= 0.3 is 0 Å². The second-order valence-electron chi connectivity index (χ2n) is 7.83. The molecule has 0 bridgehead atoms. The highest BCUT2D eigenvalue weighted by molar-refractivity contribution is 6.30. The molecular weight excluding hydrogens is 362 g/mol. The lowest BCUT2D eigenvalue weighted by atomic mass is 9.96. The zero-order valence-electron chi connectivity index (χ0n) is 15.9. The first kappa shape index (κ1) is 18.7. The topological polar surface area (TPSA) is 66.5 Å². The van der Waals surface area contributed by atoms with Crippen LogP contribution in [0, 0.1) is 0 Å². The fourth-order valence-electron chi connectivity index (χ4n) is 4.37. The summed E-state index contributed by atoms with van der Waals surface area (Å²) in [6.07, 6.45) is 4.27. The van der Waals surface area contributed by atoms with Crippen LogP contribution in [0.25, 0.3) is 0 Å². The van der Waals surface area contributed by atoms with Gasteiger partial charge in [-0.15, -0.1) is 10.2 Å². The molecule has 2 N–H and O–H groups in total. The predicted octanol–water partition coefficient (Wildman–Crippen LogP) is 2.51. The number of ether oxygens (including phenoxy) is 1. The van der Waals surface area contributed by atoms with Gasteiger partial charge in [0.05, 0.1) is 19.1 Å². The number of nitrogens with two attached hydrogens (primary N) is 1. The average Bonchev–Trinajstić information content (AvgIpc) is 3.11. The van der Waals surface area contributed by atoms with Gasteiger partial charge in [-0.25, -0.2) is 0 Å². The number of morpholine rings is 1. The van der Waals surface area contributed by atoms with Crippen molar-refractivity contribution < 1.29 is 4.74 Å². The Hall–Kier alpha value is -1.63. The van der Waals surface area contributed by atoms with E-state index >= 15 is 0 Å². The zero-order valence-corrected chi connectivity index (χ0v) is 16.6. The molecule has 146 valence electrons. The lowest BCUT2D eigenvalue weighted by Gasteiger charge is -2.46. The Kier molecular flexibility index (Phi) is 5.66. The normalized spacial score (nSPS) is 27.6. The lowest BCUT2D eigenvalue weighted by Crippen LogP contribution is -2.57. The van der Waals surface area contributed by atoms with Gasteiger partial charge in [0.2, 0.25) is 0 Å². The fourth-order valence-corrected chi connectivity index (χ4v) is 4.50. The third-order valence-corrected chi connectivity index (χ3v) is 6.08. The van der Waals surface area contributed by atoms with Crippen LogP contribution in [0.2, 0.25) is 5.02 Å². The second kappa shape index (κ2) is 8.17. The van der Waals surface area contributed by atoms with Gasteiger partial charge in [0.15, 0.2) is 0 Å². The van der Waals surface area contributed by atoms with Gasteiger partial charge in [0.1, 0.15) is 11.7 Å². The van der Waals surface area contributed by atoms with Crippen LogP contribution in [0.1, 0.15) is 31.7 Å². The van der Waals surface area contributed by atoms with E-state index in [0.29, 0.717) is 24.3 Å². The molecule has 6 nitrogen and oxygen atoms in total. The summed E-state index contributed by atoms with van der Waals surface area (Å²) >= 11 is 6.04. The van der Waals surface area contributed by atoms with Crippen molar-refractivity contribution in [3.63, 3.8) is 0 Å². The van der Waals surface area contributed by atoms with Crippen molar-refractivity contribution >= 4 is 23.3 Å². The predicted molar refractivity (Wildman–Crippen MR) is 109 cm³/mol. The summed E-state index contributed by atoms with van der Waals surface area (Å²) in [6.45, 7) is 6.01. The quantitative estimate of drug-likeness (QED) is 0.862. The van der Waals surface area contributed by atoms with Crippen LogP contribution in [0.3, 0.4) is 0 Å². The Bertz CT molecular complexity index is 712. The standard InChI is InChI=1S/C20H28ClN5O/c1-14-12-26(18(13-27-14)10-15-2-4-16(21)5-3-15)17-6-8-25(9-7-17)20-11-19(22)23-24-20/h2-5,14,17-18H,6-13H2,1H3,(H2,22,23)/t14-,18-/m0/s1. The monoisotopic (exact) mass is 389 g/mol. The first-order chi connectivity index (χ1) is 13.1. The highest BCUT2D eigenvalue weighted by Crippen LogP contribution is 2.26. The van der Waals surface area contributed by atoms with Gasteiger partial charge in [0.25, 0.3) is 0 Å². The molecule has 3 aliphatic rings. The van der Waals surface area contributed by atoms with Crippen molar-refractivity contribution in [2.24, 2.45) is 15.9 Å². The van der Waals surface area contributed by atoms with E-state index in [0.717, 1.165) is 56.4 Å². The summed E-state index contributed by atoms with van der Waals surface area (Å²) in [6, 6.07) is 9.21. The van der Waals surface area contributed by atoms with Crippen molar-refractivity contribution in [2.45, 2.75) is 50.8 Å². The van der Waals surface area contributed by atoms with E-state index in [1.165, 1.54) is 5.56 Å². The fraction of sp³-hybridized carbons (Fsp3) is 0.600. The average molecular weight is 390 g/mol. The number of hydrogen-bond acceptors (Lipinski definition) is 6. The molecule has 3 heterocycles. The van der Waals surface area contributed by atoms with Crippen LogP contribution in [-0.2, 0) is 11.2 Å². The summed E-state index contributed by atoms with van der Waals surface area (Å²) in [5, 5.41) is 9.00. The SMILES string of the molecule is C[C@H]1CN(C2CCN(C3=NN=C(N)C3)CC2)[C@@H](Cc2ccc(Cl)cc2)CO1. The van der Waals surface area contributed by atoms with Gasteiger partial charge in [-0.05, 0) is 43.9 Å². The molecule has 0 unspecified atom stereocenters. The molecule has 0 spiro atoms. The molecule has 2 fully saturated rings. The number of hydrogen-bond donors (Lipinski definition) is 1. The van der Waals surface area contributed by atoms with Gasteiger partial charge < -0.3 is 15.4 Å². The van der Waals surface area contributed by atoms with E-state index in [1.807, 2.05) is 12.1 Å². The van der Waals surface area contributed by atoms with Crippen molar-refractivity contribution in [3.8, 4) is 0 Å². The minimum absolute atomic E-state index is 0.289. The molecule has 2 saturated heterocycles. The van der Waals surface area contributed by atoms with E-state index in [2.05, 4.69) is 39.1 Å². The summed E-state index contributed by atoms with van der Waals surface area (Å²) < 4.78 is 6.00. The van der Waals surface area contributed by atoms with Crippen molar-refractivity contribution in [1.82, 2.24) is 9.80 Å². The molecule has 0 aromatic heterocycles. The molecule has 0 aliphatic carbocycles. The highest BCUT2D eigenvalue weighted by Gasteiger charge is 2.35. The van der Waals surface area contributed by atoms with Gasteiger partial charge in [-0.3, -0.25) is 4.90 Å². The Labute approximate surface area is 166 Å². The molecule has 1 aromatic rings. The largest absolute Gasteiger partial charge is 0.385 e. The van der Waals surface area contributed by atoms with Crippen molar-refractivity contribution in [1.29, 1.82) is 0 Å². The molecule has 3 aliphatic heterocycles. The van der Waals surface area contributed by atoms with Crippen LogP contribution in [0.5, 0.6) is 0 Å². The molecule has 2 atom stereocenters. The number of piperidine rings is 1. The Balaban J connectivity index is 1.38. The molecule has 4 rings (SSSR count). The third-order valence-electron chi connectivity index (χ3n) is 5.83. The molecule has 1 aromatic carbocycles. The summed E-state index contributed by atoms with van der Waals surface area (Å²) in [7, 11) is 0. The van der Waals surface area contributed by atoms with Crippen LogP contribution < -0.4 is 5.73 Å². The van der Waals surface area contributed by atoms with Crippen molar-refractivity contribution in [2.75, 3.05) is 26.2 Å². The molecule has 27 heavy (non-hydrogen) atoms. The van der Waals surface area contributed by atoms with Gasteiger partial charge in [0, 0.05) is 36.7 Å². The van der Waals surface area contributed by atoms with Gasteiger partial charge in [-0.1, -0.05) is 23.7 Å². The van der Waals surface area contributed by atoms with E-state index in [-0.39, 0.29) is 6.10 Å². The number of rotatable bonds is 3. The first-order valence-electron chi connectivity index (χ1n) is 9.84. The number of amidine groups is 2. The zero-order chi connectivity index (χ0) is 18.8. The Morgan fingerprint density at radius 3 is 2.59 bits per heavy atom. The van der Waals surface area contributed by atoms with Crippen molar-refractivity contribution in [3.05, 3.63) is 34.9 Å². The third kappa shape index (κ3) is 4.45. The Morgan fingerprint density at radius 2 is 1.93 bits per heavy atom. The molecule has 0 saturated carbocycles. The summed E-state index contributed by atoms with van der Waals surface area (Å²) in [4.78, 5) is 5.03. The van der Waals surface area contributed by atoms with E-state index in [9.17, 15) is 0 Å². The molecule has 0 radical (unpaired) electrons. The summed E-state index contributed by atoms with van der Waals surface area (Å²) in [5.74, 6) is 1.65. The van der Waals surface area contributed by atoms with Crippen LogP contribution in [0.4, 0.5) is 0 Å². The van der Waals surface area contributed by atoms with E-state index in [4.69, 9.17) is 22.1 Å².